The Balaban J connectivity index is 1.39. The number of carbonyl (C=O) groups excluding carboxylic acids is 2. The molecule has 2 aliphatic rings. The number of anilines is 1. The molecule has 2 N–H and O–H groups in total. The fourth-order valence-corrected chi connectivity index (χ4v) is 4.56. The van der Waals surface area contributed by atoms with E-state index in [0.29, 0.717) is 22.3 Å². The summed E-state index contributed by atoms with van der Waals surface area (Å²) >= 11 is 0. The van der Waals surface area contributed by atoms with Crippen molar-refractivity contribution in [2.45, 2.75) is 25.6 Å². The van der Waals surface area contributed by atoms with Gasteiger partial charge in [-0.05, 0) is 79.0 Å². The highest BCUT2D eigenvalue weighted by Crippen LogP contribution is 2.33. The van der Waals surface area contributed by atoms with Crippen LogP contribution in [0.25, 0.3) is 16.7 Å². The third kappa shape index (κ3) is 5.04. The van der Waals surface area contributed by atoms with Crippen LogP contribution < -0.4 is 10.6 Å². The topological polar surface area (TPSA) is 61.4 Å². The van der Waals surface area contributed by atoms with Crippen molar-refractivity contribution in [3.05, 3.63) is 95.2 Å². The summed E-state index contributed by atoms with van der Waals surface area (Å²) in [5, 5.41) is 5.47. The zero-order chi connectivity index (χ0) is 25.3. The molecule has 8 heteroatoms. The molecule has 184 valence electrons. The zero-order valence-corrected chi connectivity index (χ0v) is 19.4. The minimum absolute atomic E-state index is 0.263. The van der Waals surface area contributed by atoms with E-state index in [4.69, 9.17) is 0 Å². The lowest BCUT2D eigenvalue weighted by Crippen LogP contribution is -2.36. The lowest BCUT2D eigenvalue weighted by Gasteiger charge is -2.20. The summed E-state index contributed by atoms with van der Waals surface area (Å²) in [7, 11) is 0. The smallest absolute Gasteiger partial charge is 0.361 e. The highest BCUT2D eigenvalue weighted by atomic mass is 19.4. The number of likely N-dealkylation sites (tertiary alicyclic amines) is 1. The van der Waals surface area contributed by atoms with Gasteiger partial charge in [0, 0.05) is 29.6 Å². The molecular weight excluding hydrogens is 467 g/mol. The van der Waals surface area contributed by atoms with Crippen molar-refractivity contribution < 1.29 is 22.8 Å². The summed E-state index contributed by atoms with van der Waals surface area (Å²) in [6.07, 6.45) is -0.404. The quantitative estimate of drug-likeness (QED) is 0.356. The molecule has 2 aliphatic heterocycles. The first-order valence-corrected chi connectivity index (χ1v) is 11.7. The average molecular weight is 492 g/mol. The molecule has 3 aromatic rings. The number of halogens is 3. The predicted octanol–water partition coefficient (Wildman–Crippen LogP) is 5.69. The van der Waals surface area contributed by atoms with Gasteiger partial charge in [0.15, 0.2) is 0 Å². The van der Waals surface area contributed by atoms with Gasteiger partial charge in [0.25, 0.3) is 11.8 Å². The molecule has 0 bridgehead atoms. The largest absolute Gasteiger partial charge is 0.416 e. The summed E-state index contributed by atoms with van der Waals surface area (Å²) in [5.41, 5.74) is 3.40. The summed E-state index contributed by atoms with van der Waals surface area (Å²) in [5.74, 6) is -1.06. The average Bonchev–Trinajstić information content (AvgIpc) is 3.37. The first-order valence-electron chi connectivity index (χ1n) is 11.7. The molecule has 1 saturated heterocycles. The predicted molar refractivity (Wildman–Crippen MR) is 132 cm³/mol. The van der Waals surface area contributed by atoms with Crippen molar-refractivity contribution in [1.29, 1.82) is 0 Å². The van der Waals surface area contributed by atoms with E-state index in [1.807, 2.05) is 24.3 Å². The van der Waals surface area contributed by atoms with Gasteiger partial charge in [-0.25, -0.2) is 0 Å². The second-order valence-corrected chi connectivity index (χ2v) is 9.00. The maximum Gasteiger partial charge on any atom is 0.416 e. The molecule has 5 nitrogen and oxygen atoms in total. The van der Waals surface area contributed by atoms with Crippen molar-refractivity contribution in [3.8, 4) is 11.1 Å². The Morgan fingerprint density at radius 1 is 0.833 bits per heavy atom. The SMILES string of the molecule is O=C1NC(=O)c2ccc(-c3ccc(C(F)(F)F)cc3)cc2C1=CNc1ccc(CN2CCCC2)cc1. The summed E-state index contributed by atoms with van der Waals surface area (Å²) in [6.45, 7) is 3.15. The second kappa shape index (κ2) is 9.62. The van der Waals surface area contributed by atoms with Crippen LogP contribution in [0.2, 0.25) is 0 Å². The van der Waals surface area contributed by atoms with E-state index in [1.54, 1.807) is 24.4 Å². The fraction of sp³-hybridized carbons (Fsp3) is 0.214. The first-order chi connectivity index (χ1) is 17.3. The number of fused-ring (bicyclic) bond motifs is 1. The van der Waals surface area contributed by atoms with Gasteiger partial charge < -0.3 is 5.32 Å². The van der Waals surface area contributed by atoms with Crippen LogP contribution in [0.4, 0.5) is 18.9 Å². The molecule has 0 aromatic heterocycles. The normalized spacial score (nSPS) is 17.2. The van der Waals surface area contributed by atoms with E-state index in [1.165, 1.54) is 30.5 Å². The van der Waals surface area contributed by atoms with Crippen molar-refractivity contribution in [3.63, 3.8) is 0 Å². The van der Waals surface area contributed by atoms with E-state index in [9.17, 15) is 22.8 Å². The highest BCUT2D eigenvalue weighted by Gasteiger charge is 2.30. The number of rotatable bonds is 5. The first kappa shape index (κ1) is 23.8. The lowest BCUT2D eigenvalue weighted by atomic mass is 9.91. The minimum atomic E-state index is -4.42. The van der Waals surface area contributed by atoms with Crippen LogP contribution in [-0.4, -0.2) is 29.8 Å². The molecule has 0 saturated carbocycles. The molecular formula is C28H24F3N3O2. The highest BCUT2D eigenvalue weighted by molar-refractivity contribution is 6.31. The van der Waals surface area contributed by atoms with Crippen molar-refractivity contribution >= 4 is 23.1 Å². The molecule has 0 aliphatic carbocycles. The third-order valence-corrected chi connectivity index (χ3v) is 6.51. The summed E-state index contributed by atoms with van der Waals surface area (Å²) in [6, 6.07) is 17.6. The van der Waals surface area contributed by atoms with Gasteiger partial charge in [0.1, 0.15) is 0 Å². The van der Waals surface area contributed by atoms with Gasteiger partial charge in [-0.1, -0.05) is 30.3 Å². The minimum Gasteiger partial charge on any atom is -0.361 e. The monoisotopic (exact) mass is 491 g/mol. The van der Waals surface area contributed by atoms with Crippen LogP contribution in [0, 0.1) is 0 Å². The second-order valence-electron chi connectivity index (χ2n) is 9.00. The maximum absolute atomic E-state index is 12.9. The summed E-state index contributed by atoms with van der Waals surface area (Å²) in [4.78, 5) is 27.5. The van der Waals surface area contributed by atoms with Crippen LogP contribution >= 0.6 is 0 Å². The number of amides is 2. The fourth-order valence-electron chi connectivity index (χ4n) is 4.56. The lowest BCUT2D eigenvalue weighted by molar-refractivity contribution is -0.137. The molecule has 5 rings (SSSR count). The van der Waals surface area contributed by atoms with Crippen LogP contribution in [0.15, 0.2) is 72.9 Å². The third-order valence-electron chi connectivity index (χ3n) is 6.51. The molecule has 3 aromatic carbocycles. The molecule has 0 unspecified atom stereocenters. The Bertz CT molecular complexity index is 1320. The molecule has 36 heavy (non-hydrogen) atoms. The molecule has 0 radical (unpaired) electrons. The molecule has 0 atom stereocenters. The van der Waals surface area contributed by atoms with Gasteiger partial charge in [-0.15, -0.1) is 0 Å². The van der Waals surface area contributed by atoms with Crippen LogP contribution in [0.5, 0.6) is 0 Å². The Labute approximate surface area is 206 Å². The van der Waals surface area contributed by atoms with Crippen LogP contribution in [0.3, 0.4) is 0 Å². The number of alkyl halides is 3. The Morgan fingerprint density at radius 2 is 1.50 bits per heavy atom. The Morgan fingerprint density at radius 3 is 2.17 bits per heavy atom. The van der Waals surface area contributed by atoms with Gasteiger partial charge in [0.2, 0.25) is 0 Å². The molecule has 1 fully saturated rings. The van der Waals surface area contributed by atoms with Gasteiger partial charge in [-0.3, -0.25) is 19.8 Å². The van der Waals surface area contributed by atoms with Gasteiger partial charge in [0.05, 0.1) is 11.1 Å². The molecule has 0 spiro atoms. The van der Waals surface area contributed by atoms with E-state index >= 15 is 0 Å². The zero-order valence-electron chi connectivity index (χ0n) is 19.4. The van der Waals surface area contributed by atoms with E-state index in [0.717, 1.165) is 37.5 Å². The molecule has 2 amide bonds. The maximum atomic E-state index is 12.9. The van der Waals surface area contributed by atoms with Crippen molar-refractivity contribution in [2.75, 3.05) is 18.4 Å². The number of hydrogen-bond donors (Lipinski definition) is 2. The van der Waals surface area contributed by atoms with E-state index < -0.39 is 23.6 Å². The standard InChI is InChI=1S/C28H24F3N3O2/c29-28(30,31)21-8-5-19(6-9-21)20-7-12-23-24(15-20)25(27(36)33-26(23)35)16-32-22-10-3-18(4-11-22)17-34-13-1-2-14-34/h3-12,15-16,32H,1-2,13-14,17H2,(H,33,35,36). The number of nitrogens with one attached hydrogen (secondary N) is 2. The number of hydrogen-bond acceptors (Lipinski definition) is 4. The van der Waals surface area contributed by atoms with E-state index in [2.05, 4.69) is 15.5 Å². The van der Waals surface area contributed by atoms with Crippen molar-refractivity contribution in [2.24, 2.45) is 0 Å². The van der Waals surface area contributed by atoms with Gasteiger partial charge in [-0.2, -0.15) is 13.2 Å². The van der Waals surface area contributed by atoms with Crippen LogP contribution in [0.1, 0.15) is 39.9 Å². The number of nitrogens with zero attached hydrogens (tertiary/aromatic N) is 1. The summed E-state index contributed by atoms with van der Waals surface area (Å²) < 4.78 is 38.8. The molecule has 2 heterocycles. The van der Waals surface area contributed by atoms with Crippen LogP contribution in [-0.2, 0) is 17.5 Å². The van der Waals surface area contributed by atoms with Crippen molar-refractivity contribution in [1.82, 2.24) is 10.2 Å². The number of imide groups is 1. The Kier molecular flexibility index (Phi) is 6.36. The Hall–Kier alpha value is -3.91. The number of carbonyl (C=O) groups is 2. The van der Waals surface area contributed by atoms with Gasteiger partial charge >= 0.3 is 6.18 Å². The number of benzene rings is 3. The van der Waals surface area contributed by atoms with E-state index in [-0.39, 0.29) is 5.57 Å².